The van der Waals surface area contributed by atoms with Crippen LogP contribution in [-0.2, 0) is 10.0 Å². The number of hydroxylamine groups is 2. The average Bonchev–Trinajstić information content (AvgIpc) is 2.41. The van der Waals surface area contributed by atoms with E-state index in [1.54, 1.807) is 18.2 Å². The van der Waals surface area contributed by atoms with Crippen molar-refractivity contribution in [2.75, 3.05) is 5.73 Å². The normalized spacial score (nSPS) is 17.2. The Kier molecular flexibility index (Phi) is 3.97. The molecule has 0 saturated carbocycles. The molecule has 3 N–H and O–H groups in total. The summed E-state index contributed by atoms with van der Waals surface area (Å²) >= 11 is 0. The summed E-state index contributed by atoms with van der Waals surface area (Å²) < 4.78 is 26.9. The summed E-state index contributed by atoms with van der Waals surface area (Å²) in [6.45, 7) is 0. The third-order valence-electron chi connectivity index (χ3n) is 2.39. The van der Waals surface area contributed by atoms with Gasteiger partial charge >= 0.3 is 0 Å². The van der Waals surface area contributed by atoms with E-state index in [4.69, 9.17) is 5.73 Å². The topological polar surface area (TPSA) is 108 Å². The van der Waals surface area contributed by atoms with Crippen molar-refractivity contribution in [3.05, 3.63) is 60.6 Å². The van der Waals surface area contributed by atoms with E-state index in [0.717, 1.165) is 11.3 Å². The summed E-state index contributed by atoms with van der Waals surface area (Å²) in [5.41, 5.74) is 6.23. The molecule has 0 amide bonds. The Morgan fingerprint density at radius 1 is 1.20 bits per heavy atom. The third-order valence-corrected chi connectivity index (χ3v) is 3.57. The zero-order valence-electron chi connectivity index (χ0n) is 10.3. The van der Waals surface area contributed by atoms with Gasteiger partial charge in [-0.15, -0.1) is 5.11 Å². The van der Waals surface area contributed by atoms with Crippen molar-refractivity contribution in [3.63, 3.8) is 0 Å². The molecule has 2 rings (SSSR count). The molecule has 1 aliphatic rings. The minimum atomic E-state index is -3.88. The van der Waals surface area contributed by atoms with Crippen LogP contribution in [-0.4, -0.2) is 18.7 Å². The van der Waals surface area contributed by atoms with E-state index in [0.29, 0.717) is 11.4 Å². The van der Waals surface area contributed by atoms with Crippen molar-refractivity contribution in [2.24, 2.45) is 9.63 Å². The van der Waals surface area contributed by atoms with Crippen LogP contribution in [0.4, 0.5) is 5.69 Å². The van der Waals surface area contributed by atoms with Gasteiger partial charge in [-0.25, -0.2) is 5.06 Å². The first-order valence-electron chi connectivity index (χ1n) is 5.55. The maximum Gasteiger partial charge on any atom is 0.299 e. The molecule has 20 heavy (non-hydrogen) atoms. The number of sulfonamides is 1. The molecule has 0 bridgehead atoms. The third kappa shape index (κ3) is 3.31. The second-order valence-electron chi connectivity index (χ2n) is 3.84. The molecule has 0 saturated heterocycles. The van der Waals surface area contributed by atoms with Crippen LogP contribution in [0.2, 0.25) is 0 Å². The fourth-order valence-corrected chi connectivity index (χ4v) is 2.13. The first-order chi connectivity index (χ1) is 9.49. The number of hydrogen-bond acceptors (Lipinski definition) is 6. The summed E-state index contributed by atoms with van der Waals surface area (Å²) in [7, 11) is -3.88. The predicted molar refractivity (Wildman–Crippen MR) is 72.9 cm³/mol. The van der Waals surface area contributed by atoms with Gasteiger partial charge in [0.25, 0.3) is 10.0 Å². The molecule has 0 radical (unpaired) electrons. The van der Waals surface area contributed by atoms with Crippen molar-refractivity contribution in [3.8, 4) is 0 Å². The van der Waals surface area contributed by atoms with Crippen LogP contribution in [0.1, 0.15) is 0 Å². The number of benzene rings is 1. The summed E-state index contributed by atoms with van der Waals surface area (Å²) in [5.74, 6) is 0. The van der Waals surface area contributed by atoms with Crippen molar-refractivity contribution < 1.29 is 13.6 Å². The highest BCUT2D eigenvalue weighted by Crippen LogP contribution is 2.15. The minimum Gasteiger partial charge on any atom is -0.399 e. The number of nitrogens with zero attached hydrogens (tertiary/aromatic N) is 3. The van der Waals surface area contributed by atoms with E-state index in [1.165, 1.54) is 30.5 Å². The monoisotopic (exact) mass is 292 g/mol. The summed E-state index contributed by atoms with van der Waals surface area (Å²) in [6.07, 6.45) is 7.35. The quantitative estimate of drug-likeness (QED) is 0.654. The molecular formula is C12H12N4O3S. The van der Waals surface area contributed by atoms with Crippen molar-refractivity contribution in [1.82, 2.24) is 5.06 Å². The molecule has 0 spiro atoms. The lowest BCUT2D eigenvalue weighted by atomic mass is 10.3. The Morgan fingerprint density at radius 2 is 1.90 bits per heavy atom. The number of hydrogen-bond donors (Lipinski definition) is 2. The number of nitrogen functional groups attached to an aromatic ring is 1. The van der Waals surface area contributed by atoms with Gasteiger partial charge in [-0.3, -0.25) is 5.21 Å². The molecular weight excluding hydrogens is 280 g/mol. The number of allylic oxidation sites excluding steroid dienone is 3. The number of nitrogens with two attached hydrogens (primary N) is 1. The smallest absolute Gasteiger partial charge is 0.299 e. The van der Waals surface area contributed by atoms with E-state index < -0.39 is 10.0 Å². The Hall–Kier alpha value is -2.45. The number of rotatable bonds is 3. The molecule has 1 aromatic rings. The van der Waals surface area contributed by atoms with E-state index in [-0.39, 0.29) is 4.90 Å². The molecule has 0 atom stereocenters. The maximum absolute atomic E-state index is 11.8. The standard InChI is InChI=1S/C12H12N4O3S/c13-10-4-6-12(7-5-10)20(18,19)15-14-9-11-3-1-2-8-16(11)17/h1-9,17H,13H2. The van der Waals surface area contributed by atoms with Gasteiger partial charge in [0.2, 0.25) is 0 Å². The highest BCUT2D eigenvalue weighted by Gasteiger charge is 2.12. The second-order valence-corrected chi connectivity index (χ2v) is 5.43. The van der Waals surface area contributed by atoms with Crippen LogP contribution < -0.4 is 5.73 Å². The van der Waals surface area contributed by atoms with Crippen molar-refractivity contribution in [2.45, 2.75) is 4.90 Å². The molecule has 1 aromatic carbocycles. The van der Waals surface area contributed by atoms with Gasteiger partial charge in [0.1, 0.15) is 0 Å². The molecule has 1 aliphatic heterocycles. The molecule has 104 valence electrons. The van der Waals surface area contributed by atoms with E-state index in [1.807, 2.05) is 0 Å². The first-order valence-corrected chi connectivity index (χ1v) is 6.99. The van der Waals surface area contributed by atoms with Gasteiger partial charge < -0.3 is 5.73 Å². The lowest BCUT2D eigenvalue weighted by molar-refractivity contribution is -0.000512. The Labute approximate surface area is 116 Å². The zero-order valence-corrected chi connectivity index (χ0v) is 11.1. The van der Waals surface area contributed by atoms with Crippen molar-refractivity contribution in [1.29, 1.82) is 0 Å². The van der Waals surface area contributed by atoms with Crippen LogP contribution in [0.3, 0.4) is 0 Å². The Bertz CT molecular complexity index is 703. The van der Waals surface area contributed by atoms with Crippen LogP contribution in [0.25, 0.3) is 0 Å². The van der Waals surface area contributed by atoms with Crippen LogP contribution in [0, 0.1) is 0 Å². The Balaban J connectivity index is 2.18. The minimum absolute atomic E-state index is 0.00575. The molecule has 0 aliphatic carbocycles. The van der Waals surface area contributed by atoms with Gasteiger partial charge in [0.05, 0.1) is 16.8 Å². The van der Waals surface area contributed by atoms with Crippen LogP contribution in [0.5, 0.6) is 0 Å². The maximum atomic E-state index is 11.8. The highest BCUT2D eigenvalue weighted by atomic mass is 32.2. The molecule has 1 heterocycles. The largest absolute Gasteiger partial charge is 0.399 e. The molecule has 0 unspecified atom stereocenters. The highest BCUT2D eigenvalue weighted by molar-refractivity contribution is 7.90. The Morgan fingerprint density at radius 3 is 2.55 bits per heavy atom. The molecule has 0 aromatic heterocycles. The number of anilines is 1. The molecule has 7 nitrogen and oxygen atoms in total. The predicted octanol–water partition coefficient (Wildman–Crippen LogP) is 2.03. The van der Waals surface area contributed by atoms with Gasteiger partial charge in [-0.05, 0) is 36.4 Å². The van der Waals surface area contributed by atoms with Gasteiger partial charge in [-0.1, -0.05) is 10.6 Å². The molecule has 8 heteroatoms. The van der Waals surface area contributed by atoms with Crippen LogP contribution in [0.15, 0.2) is 75.1 Å². The fourth-order valence-electron chi connectivity index (χ4n) is 1.38. The zero-order chi connectivity index (χ0) is 14.6. The SMILES string of the molecule is Nc1ccc(S(=O)(=O)N=NC=C2C=CC=CN2O)cc1. The summed E-state index contributed by atoms with van der Waals surface area (Å²) in [6, 6.07) is 5.62. The van der Waals surface area contributed by atoms with Crippen LogP contribution >= 0.6 is 0 Å². The summed E-state index contributed by atoms with van der Waals surface area (Å²) in [5, 5.41) is 13.7. The molecule has 0 fully saturated rings. The van der Waals surface area contributed by atoms with Gasteiger partial charge in [0, 0.05) is 11.9 Å². The lowest BCUT2D eigenvalue weighted by Crippen LogP contribution is -2.10. The first kappa shape index (κ1) is 14.0. The summed E-state index contributed by atoms with van der Waals surface area (Å²) in [4.78, 5) is -0.00575. The average molecular weight is 292 g/mol. The van der Waals surface area contributed by atoms with Gasteiger partial charge in [-0.2, -0.15) is 8.42 Å². The lowest BCUT2D eigenvalue weighted by Gasteiger charge is -2.13. The van der Waals surface area contributed by atoms with E-state index >= 15 is 0 Å². The fraction of sp³-hybridized carbons (Fsp3) is 0. The second kappa shape index (κ2) is 5.68. The van der Waals surface area contributed by atoms with E-state index in [9.17, 15) is 13.6 Å². The van der Waals surface area contributed by atoms with Gasteiger partial charge in [0.15, 0.2) is 0 Å². The van der Waals surface area contributed by atoms with E-state index in [2.05, 4.69) is 9.63 Å². The van der Waals surface area contributed by atoms with Crippen molar-refractivity contribution >= 4 is 15.7 Å².